The summed E-state index contributed by atoms with van der Waals surface area (Å²) in [6, 6.07) is 6.61. The Bertz CT molecular complexity index is 755. The molecule has 96 valence electrons. The molecule has 0 radical (unpaired) electrons. The molecule has 0 amide bonds. The molecule has 0 unspecified atom stereocenters. The molecule has 20 heavy (non-hydrogen) atoms. The van der Waals surface area contributed by atoms with E-state index in [0.717, 1.165) is 6.07 Å². The fourth-order valence-electron chi connectivity index (χ4n) is 1.22. The van der Waals surface area contributed by atoms with Gasteiger partial charge in [-0.3, -0.25) is 0 Å². The Morgan fingerprint density at radius 2 is 1.70 bits per heavy atom. The Hall–Kier alpha value is -2.94. The second kappa shape index (κ2) is 6.29. The Morgan fingerprint density at radius 1 is 1.10 bits per heavy atom. The van der Waals surface area contributed by atoms with E-state index < -0.39 is 34.2 Å². The van der Waals surface area contributed by atoms with Gasteiger partial charge in [0.2, 0.25) is 0 Å². The molecule has 0 aliphatic heterocycles. The van der Waals surface area contributed by atoms with Crippen molar-refractivity contribution in [3.63, 3.8) is 0 Å². The molecule has 5 nitrogen and oxygen atoms in total. The lowest BCUT2D eigenvalue weighted by atomic mass is 10.1. The summed E-state index contributed by atoms with van der Waals surface area (Å²) >= 11 is 2.86. The number of hydrogen-bond donors (Lipinski definition) is 1. The van der Waals surface area contributed by atoms with E-state index in [-0.39, 0.29) is 4.47 Å². The number of nitrogens with one attached hydrogen (secondary N) is 1. The molecule has 0 aliphatic rings. The number of hydrogen-bond acceptors (Lipinski definition) is 5. The van der Waals surface area contributed by atoms with Crippen molar-refractivity contribution in [2.24, 2.45) is 0 Å². The fraction of sp³-hybridized carbons (Fsp3) is 0. The monoisotopic (exact) mass is 333 g/mol. The highest BCUT2D eigenvalue weighted by Gasteiger charge is 2.19. The molecule has 0 saturated heterocycles. The van der Waals surface area contributed by atoms with Gasteiger partial charge in [-0.05, 0) is 22.0 Å². The second-order valence-electron chi connectivity index (χ2n) is 3.23. The molecule has 0 fully saturated rings. The molecule has 0 aromatic heterocycles. The van der Waals surface area contributed by atoms with Crippen molar-refractivity contribution in [3.05, 3.63) is 39.0 Å². The van der Waals surface area contributed by atoms with Gasteiger partial charge >= 0.3 is 0 Å². The Labute approximate surface area is 120 Å². The molecule has 1 rings (SSSR count). The zero-order valence-electron chi connectivity index (χ0n) is 9.50. The molecule has 1 N–H and O–H groups in total. The Balaban J connectivity index is 3.50. The number of halogens is 3. The predicted octanol–water partition coefficient (Wildman–Crippen LogP) is 2.84. The third kappa shape index (κ3) is 2.72. The number of nitrogens with zero attached hydrogens (tertiary/aromatic N) is 4. The number of allylic oxidation sites excluding steroid dienone is 2. The van der Waals surface area contributed by atoms with E-state index >= 15 is 0 Å². The fourth-order valence-corrected chi connectivity index (χ4v) is 1.69. The molecule has 0 saturated carbocycles. The quantitative estimate of drug-likeness (QED) is 0.837. The summed E-state index contributed by atoms with van der Waals surface area (Å²) in [5, 5.41) is 37.0. The molecule has 8 heteroatoms. The van der Waals surface area contributed by atoms with Gasteiger partial charge in [0.15, 0.2) is 11.4 Å². The maximum atomic E-state index is 13.9. The maximum Gasteiger partial charge on any atom is 0.168 e. The van der Waals surface area contributed by atoms with Crippen LogP contribution in [0.2, 0.25) is 0 Å². The van der Waals surface area contributed by atoms with E-state index in [0.29, 0.717) is 0 Å². The first-order valence-corrected chi connectivity index (χ1v) is 5.58. The van der Waals surface area contributed by atoms with Crippen molar-refractivity contribution >= 4 is 21.6 Å². The summed E-state index contributed by atoms with van der Waals surface area (Å²) in [6.45, 7) is 0. The van der Waals surface area contributed by atoms with Crippen molar-refractivity contribution in [2.45, 2.75) is 0 Å². The van der Waals surface area contributed by atoms with E-state index in [2.05, 4.69) is 21.2 Å². The normalized spacial score (nSPS) is 8.55. The van der Waals surface area contributed by atoms with E-state index in [1.807, 2.05) is 0 Å². The van der Waals surface area contributed by atoms with E-state index in [1.165, 1.54) is 24.3 Å². The van der Waals surface area contributed by atoms with Crippen LogP contribution in [0.25, 0.3) is 0 Å². The van der Waals surface area contributed by atoms with Crippen LogP contribution in [0.3, 0.4) is 0 Å². The van der Waals surface area contributed by atoms with Crippen LogP contribution in [-0.4, -0.2) is 0 Å². The smallest absolute Gasteiger partial charge is 0.168 e. The standard InChI is InChI=1S/C12H2BrF2N5/c13-8-1-9(14)7(4-18)11(15)12(8)20-10(5-19)6(2-16)3-17/h1,20H. The van der Waals surface area contributed by atoms with E-state index in [9.17, 15) is 8.78 Å². The average Bonchev–Trinajstić information content (AvgIpc) is 2.42. The Morgan fingerprint density at radius 3 is 2.15 bits per heavy atom. The second-order valence-corrected chi connectivity index (χ2v) is 4.08. The molecule has 1 aromatic rings. The van der Waals surface area contributed by atoms with Crippen molar-refractivity contribution < 1.29 is 8.78 Å². The minimum atomic E-state index is -1.23. The van der Waals surface area contributed by atoms with Crippen LogP contribution in [0.5, 0.6) is 0 Å². The van der Waals surface area contributed by atoms with Crippen LogP contribution >= 0.6 is 15.9 Å². The average molecular weight is 334 g/mol. The van der Waals surface area contributed by atoms with Gasteiger partial charge in [-0.15, -0.1) is 0 Å². The van der Waals surface area contributed by atoms with Crippen LogP contribution in [-0.2, 0) is 0 Å². The number of nitriles is 4. The Kier molecular flexibility index (Phi) is 4.76. The number of rotatable bonds is 2. The lowest BCUT2D eigenvalue weighted by Crippen LogP contribution is -2.06. The van der Waals surface area contributed by atoms with Crippen molar-refractivity contribution in [1.29, 1.82) is 21.0 Å². The lowest BCUT2D eigenvalue weighted by Gasteiger charge is -2.10. The zero-order chi connectivity index (χ0) is 15.3. The van der Waals surface area contributed by atoms with Crippen LogP contribution in [0.1, 0.15) is 5.56 Å². The predicted molar refractivity (Wildman–Crippen MR) is 66.3 cm³/mol. The third-order valence-corrected chi connectivity index (χ3v) is 2.74. The molecular weight excluding hydrogens is 332 g/mol. The molecule has 0 bridgehead atoms. The van der Waals surface area contributed by atoms with Gasteiger partial charge in [0, 0.05) is 4.47 Å². The number of anilines is 1. The minimum Gasteiger partial charge on any atom is -0.342 e. The minimum absolute atomic E-state index is 0.102. The summed E-state index contributed by atoms with van der Waals surface area (Å²) in [7, 11) is 0. The SMILES string of the molecule is N#CC(C#N)=C(C#N)Nc1c(Br)cc(F)c(C#N)c1F. The van der Waals surface area contributed by atoms with Crippen LogP contribution in [0, 0.1) is 57.0 Å². The summed E-state index contributed by atoms with van der Waals surface area (Å²) in [5.74, 6) is -2.31. The van der Waals surface area contributed by atoms with Crippen molar-refractivity contribution in [1.82, 2.24) is 0 Å². The number of benzene rings is 1. The molecule has 0 atom stereocenters. The highest BCUT2D eigenvalue weighted by Crippen LogP contribution is 2.31. The van der Waals surface area contributed by atoms with Gasteiger partial charge in [-0.1, -0.05) is 0 Å². The maximum absolute atomic E-state index is 13.9. The summed E-state index contributed by atoms with van der Waals surface area (Å²) in [4.78, 5) is 0. The van der Waals surface area contributed by atoms with E-state index in [4.69, 9.17) is 21.0 Å². The first-order chi connectivity index (χ1) is 9.49. The van der Waals surface area contributed by atoms with Crippen LogP contribution < -0.4 is 5.32 Å². The van der Waals surface area contributed by atoms with Crippen LogP contribution in [0.15, 0.2) is 21.8 Å². The highest BCUT2D eigenvalue weighted by molar-refractivity contribution is 9.10. The first-order valence-electron chi connectivity index (χ1n) is 4.79. The topological polar surface area (TPSA) is 107 Å². The molecule has 0 spiro atoms. The summed E-state index contributed by atoms with van der Waals surface area (Å²) in [5.41, 5.74) is -2.34. The molecule has 0 aliphatic carbocycles. The lowest BCUT2D eigenvalue weighted by molar-refractivity contribution is 0.578. The molecule has 1 aromatic carbocycles. The van der Waals surface area contributed by atoms with Crippen LogP contribution in [0.4, 0.5) is 14.5 Å². The highest BCUT2D eigenvalue weighted by atomic mass is 79.9. The summed E-state index contributed by atoms with van der Waals surface area (Å²) < 4.78 is 27.1. The van der Waals surface area contributed by atoms with Gasteiger partial charge in [-0.25, -0.2) is 8.78 Å². The van der Waals surface area contributed by atoms with Gasteiger partial charge in [0.25, 0.3) is 0 Å². The van der Waals surface area contributed by atoms with Gasteiger partial charge in [0.1, 0.15) is 41.4 Å². The first kappa shape index (κ1) is 15.1. The van der Waals surface area contributed by atoms with Crippen molar-refractivity contribution in [2.75, 3.05) is 5.32 Å². The van der Waals surface area contributed by atoms with Gasteiger partial charge in [0.05, 0.1) is 5.69 Å². The van der Waals surface area contributed by atoms with Gasteiger partial charge < -0.3 is 5.32 Å². The van der Waals surface area contributed by atoms with Gasteiger partial charge in [-0.2, -0.15) is 21.0 Å². The van der Waals surface area contributed by atoms with E-state index in [1.54, 1.807) is 0 Å². The third-order valence-electron chi connectivity index (χ3n) is 2.12. The molecular formula is C12H2BrF2N5. The van der Waals surface area contributed by atoms with Crippen molar-refractivity contribution in [3.8, 4) is 24.3 Å². The zero-order valence-corrected chi connectivity index (χ0v) is 11.1. The largest absolute Gasteiger partial charge is 0.342 e. The molecule has 0 heterocycles. The summed E-state index contributed by atoms with van der Waals surface area (Å²) in [6.07, 6.45) is 0.